The molecule has 10 heteroatoms. The number of rotatable bonds is 73. The molecule has 2 atom stereocenters. The number of carbonyl (C=O) groups is 2. The Kier molecular flexibility index (Phi) is 69.7. The molecule has 0 aliphatic heterocycles. The van der Waals surface area contributed by atoms with Crippen molar-refractivity contribution in [3.63, 3.8) is 0 Å². The summed E-state index contributed by atoms with van der Waals surface area (Å²) >= 11 is 0. The number of phosphoric ester groups is 1. The van der Waals surface area contributed by atoms with Gasteiger partial charge in [0.2, 0.25) is 0 Å². The molecule has 0 fully saturated rings. The number of allylic oxidation sites excluding steroid dienone is 12. The Labute approximate surface area is 565 Å². The lowest BCUT2D eigenvalue weighted by Gasteiger charge is -2.24. The van der Waals surface area contributed by atoms with E-state index in [1.165, 1.54) is 263 Å². The largest absolute Gasteiger partial charge is 0.472 e. The van der Waals surface area contributed by atoms with Crippen molar-refractivity contribution in [1.29, 1.82) is 0 Å². The molecule has 1 N–H and O–H groups in total. The quantitative estimate of drug-likeness (QED) is 0.0211. The number of hydrogen-bond donors (Lipinski definition) is 1. The highest BCUT2D eigenvalue weighted by Gasteiger charge is 2.27. The van der Waals surface area contributed by atoms with Gasteiger partial charge in [-0.05, 0) is 64.2 Å². The van der Waals surface area contributed by atoms with Crippen molar-refractivity contribution in [2.24, 2.45) is 0 Å². The number of nitrogens with zero attached hydrogens (tertiary/aromatic N) is 1. The highest BCUT2D eigenvalue weighted by Crippen LogP contribution is 2.43. The van der Waals surface area contributed by atoms with Crippen LogP contribution in [-0.2, 0) is 32.7 Å². The first kappa shape index (κ1) is 88.5. The number of unbranched alkanes of at least 4 members (excludes halogenated alkanes) is 47. The van der Waals surface area contributed by atoms with Crippen molar-refractivity contribution < 1.29 is 42.1 Å². The second kappa shape index (κ2) is 71.7. The van der Waals surface area contributed by atoms with Gasteiger partial charge in [0.25, 0.3) is 0 Å². The molecule has 0 radical (unpaired) electrons. The monoisotopic (exact) mass is 1300 g/mol. The van der Waals surface area contributed by atoms with Gasteiger partial charge < -0.3 is 18.9 Å². The molecule has 9 nitrogen and oxygen atoms in total. The summed E-state index contributed by atoms with van der Waals surface area (Å²) in [6.45, 7) is 4.36. The van der Waals surface area contributed by atoms with E-state index in [1.807, 2.05) is 21.1 Å². The molecule has 0 amide bonds. The highest BCUT2D eigenvalue weighted by molar-refractivity contribution is 7.47. The van der Waals surface area contributed by atoms with Gasteiger partial charge in [0.05, 0.1) is 27.7 Å². The fourth-order valence-electron chi connectivity index (χ4n) is 11.6. The van der Waals surface area contributed by atoms with Crippen LogP contribution in [0.3, 0.4) is 0 Å². The van der Waals surface area contributed by atoms with Crippen LogP contribution in [0.25, 0.3) is 0 Å². The average Bonchev–Trinajstić information content (AvgIpc) is 3.74. The van der Waals surface area contributed by atoms with E-state index >= 15 is 0 Å². The summed E-state index contributed by atoms with van der Waals surface area (Å²) < 4.78 is 34.8. The summed E-state index contributed by atoms with van der Waals surface area (Å²) in [5, 5.41) is 0. The number of carbonyl (C=O) groups excluding carboxylic acids is 2. The minimum Gasteiger partial charge on any atom is -0.462 e. The normalized spacial score (nSPS) is 13.4. The maximum Gasteiger partial charge on any atom is 0.472 e. The lowest BCUT2D eigenvalue weighted by molar-refractivity contribution is -0.870. The van der Waals surface area contributed by atoms with Crippen molar-refractivity contribution >= 4 is 19.8 Å². The van der Waals surface area contributed by atoms with Crippen LogP contribution >= 0.6 is 7.82 Å². The van der Waals surface area contributed by atoms with Crippen LogP contribution in [0.4, 0.5) is 0 Å². The molecule has 0 rings (SSSR count). The van der Waals surface area contributed by atoms with Crippen LogP contribution in [0, 0.1) is 0 Å². The zero-order valence-corrected chi connectivity index (χ0v) is 61.7. The lowest BCUT2D eigenvalue weighted by atomic mass is 10.0. The summed E-state index contributed by atoms with van der Waals surface area (Å²) in [5.74, 6) is -0.794. The minimum atomic E-state index is -4.40. The fraction of sp³-hybridized carbons (Fsp3) is 0.827. The van der Waals surface area contributed by atoms with Crippen LogP contribution in [0.2, 0.25) is 0 Å². The summed E-state index contributed by atoms with van der Waals surface area (Å²) in [7, 11) is 1.48. The van der Waals surface area contributed by atoms with Crippen LogP contribution in [0.1, 0.15) is 380 Å². The molecule has 0 aromatic rings. The first-order valence-corrected chi connectivity index (χ1v) is 40.7. The Morgan fingerprint density at radius 1 is 0.352 bits per heavy atom. The molecule has 0 aromatic carbocycles. The lowest BCUT2D eigenvalue weighted by Crippen LogP contribution is -2.37. The van der Waals surface area contributed by atoms with Gasteiger partial charge in [-0.15, -0.1) is 0 Å². The van der Waals surface area contributed by atoms with E-state index in [1.54, 1.807) is 0 Å². The molecule has 0 saturated carbocycles. The van der Waals surface area contributed by atoms with Crippen LogP contribution in [0.15, 0.2) is 72.9 Å². The number of likely N-dealkylation sites (N-methyl/N-ethyl adjacent to an activating group) is 1. The summed E-state index contributed by atoms with van der Waals surface area (Å²) in [4.78, 5) is 35.9. The maximum atomic E-state index is 12.9. The predicted octanol–water partition coefficient (Wildman–Crippen LogP) is 25.9. The van der Waals surface area contributed by atoms with Gasteiger partial charge in [0.15, 0.2) is 6.10 Å². The molecule has 0 aliphatic rings. The van der Waals surface area contributed by atoms with E-state index < -0.39 is 26.5 Å². The van der Waals surface area contributed by atoms with Crippen LogP contribution in [-0.4, -0.2) is 74.9 Å². The molecule has 0 heterocycles. The number of phosphoric acid groups is 1. The second-order valence-corrected chi connectivity index (χ2v) is 29.2. The van der Waals surface area contributed by atoms with E-state index in [4.69, 9.17) is 18.5 Å². The molecular weight excluding hydrogens is 1150 g/mol. The summed E-state index contributed by atoms with van der Waals surface area (Å²) in [6, 6.07) is 0. The SMILES string of the molecule is CC/C=C\C/C=C\C/C=C\C/C=C\C/C=C\C/C=C\CCCCCCCCCCC(=O)OC(COC(=O)CCCCCCCCCCCCCCCCCCCCCCCCCCCCCCCCCCCCCCCCCC)COP(=O)(O)OCC[N+](C)(C)C. The van der Waals surface area contributed by atoms with Gasteiger partial charge in [-0.25, -0.2) is 4.57 Å². The van der Waals surface area contributed by atoms with E-state index in [9.17, 15) is 19.0 Å². The highest BCUT2D eigenvalue weighted by atomic mass is 31.2. The summed E-state index contributed by atoms with van der Waals surface area (Å²) in [6.07, 6.45) is 97.7. The second-order valence-electron chi connectivity index (χ2n) is 27.7. The third kappa shape index (κ3) is 76.4. The molecule has 0 aliphatic carbocycles. The van der Waals surface area contributed by atoms with E-state index in [-0.39, 0.29) is 32.0 Å². The van der Waals surface area contributed by atoms with Gasteiger partial charge in [-0.3, -0.25) is 18.6 Å². The smallest absolute Gasteiger partial charge is 0.462 e. The zero-order chi connectivity index (χ0) is 66.2. The van der Waals surface area contributed by atoms with Crippen LogP contribution in [0.5, 0.6) is 0 Å². The van der Waals surface area contributed by atoms with Crippen molar-refractivity contribution in [3.05, 3.63) is 72.9 Å². The Balaban J connectivity index is 3.92. The number of hydrogen-bond acceptors (Lipinski definition) is 7. The molecule has 0 spiro atoms. The maximum absolute atomic E-state index is 12.9. The molecule has 0 saturated heterocycles. The van der Waals surface area contributed by atoms with Gasteiger partial charge in [-0.1, -0.05) is 376 Å². The van der Waals surface area contributed by atoms with E-state index in [2.05, 4.69) is 86.8 Å². The third-order valence-electron chi connectivity index (χ3n) is 17.5. The molecule has 0 bridgehead atoms. The Morgan fingerprint density at radius 2 is 0.626 bits per heavy atom. The minimum absolute atomic E-state index is 0.0286. The zero-order valence-electron chi connectivity index (χ0n) is 60.8. The van der Waals surface area contributed by atoms with E-state index in [0.717, 1.165) is 83.5 Å². The van der Waals surface area contributed by atoms with Crippen molar-refractivity contribution in [3.8, 4) is 0 Å². The Bertz CT molecular complexity index is 1770. The van der Waals surface area contributed by atoms with Gasteiger partial charge in [0, 0.05) is 12.8 Å². The molecule has 532 valence electrons. The van der Waals surface area contributed by atoms with Crippen molar-refractivity contribution in [1.82, 2.24) is 0 Å². The first-order chi connectivity index (χ1) is 44.5. The fourth-order valence-corrected chi connectivity index (χ4v) is 12.3. The average molecular weight is 1300 g/mol. The van der Waals surface area contributed by atoms with E-state index in [0.29, 0.717) is 17.4 Å². The molecular formula is C81H151NO8P+. The topological polar surface area (TPSA) is 108 Å². The van der Waals surface area contributed by atoms with Gasteiger partial charge in [-0.2, -0.15) is 0 Å². The third-order valence-corrected chi connectivity index (χ3v) is 18.5. The van der Waals surface area contributed by atoms with Gasteiger partial charge >= 0.3 is 19.8 Å². The van der Waals surface area contributed by atoms with Crippen LogP contribution < -0.4 is 0 Å². The molecule has 0 aromatic heterocycles. The Hall–Kier alpha value is -2.55. The predicted molar refractivity (Wildman–Crippen MR) is 395 cm³/mol. The van der Waals surface area contributed by atoms with Crippen molar-refractivity contribution in [2.75, 3.05) is 47.5 Å². The van der Waals surface area contributed by atoms with Crippen molar-refractivity contribution in [2.45, 2.75) is 386 Å². The van der Waals surface area contributed by atoms with Gasteiger partial charge in [0.1, 0.15) is 19.8 Å². The first-order valence-electron chi connectivity index (χ1n) is 39.2. The number of esters is 2. The Morgan fingerprint density at radius 3 is 0.934 bits per heavy atom. The number of ether oxygens (including phenoxy) is 2. The molecule has 2 unspecified atom stereocenters. The summed E-state index contributed by atoms with van der Waals surface area (Å²) in [5.41, 5.74) is 0. The molecule has 91 heavy (non-hydrogen) atoms. The standard InChI is InChI=1S/C81H150NO8P/c1-6-8-10-12-14-16-18-20-22-24-26-28-30-32-34-35-36-37-38-39-40-41-42-43-44-45-46-48-49-51-53-55-57-59-61-63-65-67-69-71-73-80(83)87-77-79(78-89-91(85,86)88-76-75-82(3,4)5)90-81(84)74-72-70-68-66-64-62-60-58-56-54-52-50-47-33-31-29-27-25-23-21-19-17-15-13-11-9-7-2/h9,11,15,17,21,23,27,29,33,47,52,54,79H,6-8,10,12-14,16,18-20,22,24-26,28,30-32,34-46,48-51,53,55-78H2,1-5H3/p+1/b11-9-,17-15-,23-21-,29-27-,47-33-,54-52-. The number of quaternary nitrogens is 1.